The molecule has 3 rings (SSSR count). The van der Waals surface area contributed by atoms with E-state index >= 15 is 0 Å². The SMILES string of the molecule is NC1(C(=O)O)C(=O)c2ccccc2C(=O)C1CNc1ccc(CP(=O)(O)O)cc1. The smallest absolute Gasteiger partial charge is 0.332 e. The highest BCUT2D eigenvalue weighted by atomic mass is 31.2. The van der Waals surface area contributed by atoms with Gasteiger partial charge < -0.3 is 25.9 Å². The second-order valence-corrected chi connectivity index (χ2v) is 8.51. The summed E-state index contributed by atoms with van der Waals surface area (Å²) in [5.74, 6) is -4.30. The van der Waals surface area contributed by atoms with Crippen molar-refractivity contribution in [2.45, 2.75) is 11.7 Å². The van der Waals surface area contributed by atoms with Crippen LogP contribution in [0.3, 0.4) is 0 Å². The highest BCUT2D eigenvalue weighted by Crippen LogP contribution is 2.39. The zero-order valence-corrected chi connectivity index (χ0v) is 16.0. The third kappa shape index (κ3) is 3.99. The Balaban J connectivity index is 1.85. The van der Waals surface area contributed by atoms with Crippen LogP contribution in [0.25, 0.3) is 0 Å². The van der Waals surface area contributed by atoms with E-state index in [9.17, 15) is 24.1 Å². The Morgan fingerprint density at radius 3 is 2.21 bits per heavy atom. The summed E-state index contributed by atoms with van der Waals surface area (Å²) < 4.78 is 11.1. The van der Waals surface area contributed by atoms with Gasteiger partial charge in [0.15, 0.2) is 17.1 Å². The standard InChI is InChI=1S/C19H19N2O7P/c20-19(18(24)25)15(16(22)13-3-1-2-4-14(13)17(19)23)9-21-12-7-5-11(6-8-12)10-29(26,27)28/h1-8,15,21H,9-10,20H2,(H,24,25)(H2,26,27,28). The molecule has 6 N–H and O–H groups in total. The van der Waals surface area contributed by atoms with Crippen LogP contribution in [0.2, 0.25) is 0 Å². The van der Waals surface area contributed by atoms with Crippen LogP contribution in [0, 0.1) is 5.92 Å². The van der Waals surface area contributed by atoms with E-state index in [4.69, 9.17) is 15.5 Å². The normalized spacial score (nSPS) is 21.6. The van der Waals surface area contributed by atoms with Crippen LogP contribution >= 0.6 is 7.60 Å². The molecule has 0 aromatic heterocycles. The number of hydrogen-bond acceptors (Lipinski definition) is 6. The van der Waals surface area contributed by atoms with E-state index in [-0.39, 0.29) is 17.7 Å². The fraction of sp³-hybridized carbons (Fsp3) is 0.211. The number of carboxylic acid groups (broad SMARTS) is 1. The summed E-state index contributed by atoms with van der Waals surface area (Å²) >= 11 is 0. The molecule has 10 heteroatoms. The summed E-state index contributed by atoms with van der Waals surface area (Å²) in [6.07, 6.45) is -0.412. The number of carbonyl (C=O) groups excluding carboxylic acids is 2. The summed E-state index contributed by atoms with van der Waals surface area (Å²) in [7, 11) is -4.20. The third-order valence-electron chi connectivity index (χ3n) is 4.89. The lowest BCUT2D eigenvalue weighted by Crippen LogP contribution is -2.66. The van der Waals surface area contributed by atoms with Crippen molar-refractivity contribution in [2.24, 2.45) is 11.7 Å². The molecule has 1 aliphatic carbocycles. The number of fused-ring (bicyclic) bond motifs is 1. The molecule has 1 aliphatic rings. The molecule has 0 heterocycles. The molecule has 0 bridgehead atoms. The van der Waals surface area contributed by atoms with Crippen molar-refractivity contribution in [2.75, 3.05) is 11.9 Å². The molecule has 2 aromatic carbocycles. The molecule has 0 saturated carbocycles. The van der Waals surface area contributed by atoms with E-state index in [0.717, 1.165) is 0 Å². The van der Waals surface area contributed by atoms with Gasteiger partial charge in [-0.05, 0) is 17.7 Å². The number of ketones is 2. The summed E-state index contributed by atoms with van der Waals surface area (Å²) in [5.41, 5.74) is 4.56. The summed E-state index contributed by atoms with van der Waals surface area (Å²) in [6, 6.07) is 12.0. The van der Waals surface area contributed by atoms with E-state index in [2.05, 4.69) is 5.32 Å². The van der Waals surface area contributed by atoms with E-state index in [0.29, 0.717) is 11.3 Å². The average molecular weight is 418 g/mol. The van der Waals surface area contributed by atoms with Gasteiger partial charge in [0, 0.05) is 23.4 Å². The molecule has 2 aromatic rings. The maximum absolute atomic E-state index is 12.9. The van der Waals surface area contributed by atoms with Crippen molar-refractivity contribution in [1.29, 1.82) is 0 Å². The van der Waals surface area contributed by atoms with Crippen molar-refractivity contribution >= 4 is 30.8 Å². The van der Waals surface area contributed by atoms with Gasteiger partial charge in [0.25, 0.3) is 0 Å². The zero-order chi connectivity index (χ0) is 21.4. The first-order valence-electron chi connectivity index (χ1n) is 8.61. The predicted octanol–water partition coefficient (Wildman–Crippen LogP) is 1.25. The largest absolute Gasteiger partial charge is 0.480 e. The molecule has 2 unspecified atom stereocenters. The molecule has 29 heavy (non-hydrogen) atoms. The van der Waals surface area contributed by atoms with Gasteiger partial charge in [0.1, 0.15) is 0 Å². The van der Waals surface area contributed by atoms with Crippen LogP contribution in [0.5, 0.6) is 0 Å². The van der Waals surface area contributed by atoms with Crippen molar-refractivity contribution in [3.63, 3.8) is 0 Å². The molecule has 0 radical (unpaired) electrons. The third-order valence-corrected chi connectivity index (χ3v) is 5.66. The fourth-order valence-corrected chi connectivity index (χ4v) is 4.04. The van der Waals surface area contributed by atoms with Crippen LogP contribution in [-0.2, 0) is 15.5 Å². The molecule has 0 fully saturated rings. The van der Waals surface area contributed by atoms with Crippen LogP contribution in [0.15, 0.2) is 48.5 Å². The summed E-state index contributed by atoms with van der Waals surface area (Å²) in [5, 5.41) is 12.5. The lowest BCUT2D eigenvalue weighted by atomic mass is 9.69. The van der Waals surface area contributed by atoms with Gasteiger partial charge in [-0.3, -0.25) is 14.2 Å². The molecule has 2 atom stereocenters. The molecule has 0 amide bonds. The molecule has 0 aliphatic heterocycles. The molecular formula is C19H19N2O7P. The van der Waals surface area contributed by atoms with Crippen molar-refractivity contribution in [3.05, 3.63) is 65.2 Å². The van der Waals surface area contributed by atoms with Crippen LogP contribution in [0.4, 0.5) is 5.69 Å². The lowest BCUT2D eigenvalue weighted by molar-refractivity contribution is -0.142. The number of carbonyl (C=O) groups is 3. The van der Waals surface area contributed by atoms with Crippen LogP contribution < -0.4 is 11.1 Å². The Morgan fingerprint density at radius 2 is 1.66 bits per heavy atom. The number of benzene rings is 2. The van der Waals surface area contributed by atoms with Gasteiger partial charge in [-0.1, -0.05) is 36.4 Å². The number of Topliss-reactive ketones (excluding diaryl/α,β-unsaturated/α-hetero) is 2. The second kappa shape index (κ2) is 7.53. The predicted molar refractivity (Wildman–Crippen MR) is 104 cm³/mol. The Labute approximate surface area is 165 Å². The van der Waals surface area contributed by atoms with Crippen LogP contribution in [0.1, 0.15) is 26.3 Å². The number of aliphatic carboxylic acids is 1. The minimum atomic E-state index is -4.20. The second-order valence-electron chi connectivity index (χ2n) is 6.87. The first-order valence-corrected chi connectivity index (χ1v) is 10.4. The molecule has 0 saturated heterocycles. The number of rotatable bonds is 6. The van der Waals surface area contributed by atoms with E-state index in [1.807, 2.05) is 0 Å². The first kappa shape index (κ1) is 20.9. The van der Waals surface area contributed by atoms with Crippen molar-refractivity contribution in [3.8, 4) is 0 Å². The van der Waals surface area contributed by atoms with Crippen molar-refractivity contribution < 1.29 is 33.8 Å². The topological polar surface area (TPSA) is 167 Å². The minimum absolute atomic E-state index is 0.0135. The Bertz CT molecular complexity index is 1030. The highest BCUT2D eigenvalue weighted by Gasteiger charge is 2.56. The summed E-state index contributed by atoms with van der Waals surface area (Å²) in [4.78, 5) is 55.5. The van der Waals surface area contributed by atoms with Gasteiger partial charge in [0.05, 0.1) is 12.1 Å². The Kier molecular flexibility index (Phi) is 5.42. The highest BCUT2D eigenvalue weighted by molar-refractivity contribution is 7.50. The Morgan fingerprint density at radius 1 is 1.07 bits per heavy atom. The summed E-state index contributed by atoms with van der Waals surface area (Å²) in [6.45, 7) is -0.209. The van der Waals surface area contributed by atoms with Gasteiger partial charge in [0.2, 0.25) is 0 Å². The van der Waals surface area contributed by atoms with E-state index in [1.54, 1.807) is 6.07 Å². The number of nitrogens with two attached hydrogens (primary N) is 1. The van der Waals surface area contributed by atoms with Crippen LogP contribution in [-0.4, -0.2) is 44.5 Å². The Hall–Kier alpha value is -2.84. The lowest BCUT2D eigenvalue weighted by Gasteiger charge is -2.36. The molecular weight excluding hydrogens is 399 g/mol. The monoisotopic (exact) mass is 418 g/mol. The molecule has 152 valence electrons. The quantitative estimate of drug-likeness (QED) is 0.343. The average Bonchev–Trinajstić information content (AvgIpc) is 2.66. The van der Waals surface area contributed by atoms with Gasteiger partial charge >= 0.3 is 13.6 Å². The van der Waals surface area contributed by atoms with Gasteiger partial charge in [-0.2, -0.15) is 0 Å². The fourth-order valence-electron chi connectivity index (χ4n) is 3.36. The maximum atomic E-state index is 12.9. The number of hydrogen-bond donors (Lipinski definition) is 5. The van der Waals surface area contributed by atoms with Crippen molar-refractivity contribution in [1.82, 2.24) is 0 Å². The number of carboxylic acids is 1. The number of anilines is 1. The number of nitrogens with one attached hydrogen (secondary N) is 1. The molecule has 0 spiro atoms. The zero-order valence-electron chi connectivity index (χ0n) is 15.1. The molecule has 9 nitrogen and oxygen atoms in total. The first-order chi connectivity index (χ1) is 13.5. The van der Waals surface area contributed by atoms with Gasteiger partial charge in [-0.15, -0.1) is 0 Å². The van der Waals surface area contributed by atoms with E-state index in [1.165, 1.54) is 42.5 Å². The maximum Gasteiger partial charge on any atom is 0.332 e. The van der Waals surface area contributed by atoms with E-state index < -0.39 is 42.8 Å². The minimum Gasteiger partial charge on any atom is -0.480 e. The van der Waals surface area contributed by atoms with Gasteiger partial charge in [-0.25, -0.2) is 4.79 Å².